The number of aliphatic hydroxyl groups excluding tert-OH is 1. The van der Waals surface area contributed by atoms with Gasteiger partial charge in [-0.2, -0.15) is 0 Å². The van der Waals surface area contributed by atoms with Gasteiger partial charge < -0.3 is 5.11 Å². The highest BCUT2D eigenvalue weighted by atomic mass is 16.2. The monoisotopic (exact) mass is 114 g/mol. The van der Waals surface area contributed by atoms with Gasteiger partial charge in [0.1, 0.15) is 0 Å². The highest BCUT2D eigenvalue weighted by molar-refractivity contribution is 4.80. The molecule has 1 atom stereocenters. The van der Waals surface area contributed by atoms with E-state index in [0.717, 1.165) is 6.26 Å². The third-order valence-electron chi connectivity index (χ3n) is 1.44. The van der Waals surface area contributed by atoms with Crippen LogP contribution in [0.5, 0.6) is 0 Å². The summed E-state index contributed by atoms with van der Waals surface area (Å²) in [5.74, 6) is 1.11. The molecule has 1 N–H and O–H groups in total. The van der Waals surface area contributed by atoms with Gasteiger partial charge in [0, 0.05) is 0 Å². The van der Waals surface area contributed by atoms with Crippen LogP contribution in [0.3, 0.4) is 0 Å². The first kappa shape index (κ1) is 7.54. The first-order valence-corrected chi connectivity index (χ1v) is 2.99. The fourth-order valence-corrected chi connectivity index (χ4v) is 0.358. The quantitative estimate of drug-likeness (QED) is 0.546. The lowest BCUT2D eigenvalue weighted by molar-refractivity contribution is 0.445. The van der Waals surface area contributed by atoms with E-state index < -0.39 is 0 Å². The molecule has 0 heterocycles. The normalized spacial score (nSPS) is 15.5. The first-order valence-electron chi connectivity index (χ1n) is 2.99. The van der Waals surface area contributed by atoms with E-state index in [1.165, 1.54) is 0 Å². The summed E-state index contributed by atoms with van der Waals surface area (Å²) in [6.07, 6.45) is 2.91. The average Bonchev–Trinajstić information content (AvgIpc) is 1.67. The highest BCUT2D eigenvalue weighted by Gasteiger charge is 2.00. The fraction of sp³-hybridized carbons (Fsp3) is 0.714. The van der Waals surface area contributed by atoms with E-state index in [-0.39, 0.29) is 0 Å². The van der Waals surface area contributed by atoms with Gasteiger partial charge in [0.25, 0.3) is 0 Å². The zero-order valence-electron chi connectivity index (χ0n) is 5.76. The summed E-state index contributed by atoms with van der Waals surface area (Å²) < 4.78 is 0. The van der Waals surface area contributed by atoms with Crippen molar-refractivity contribution in [2.45, 2.75) is 20.8 Å². The maximum atomic E-state index is 8.30. The number of rotatable bonds is 2. The largest absolute Gasteiger partial charge is 0.516 e. The molecule has 0 aromatic carbocycles. The van der Waals surface area contributed by atoms with Crippen molar-refractivity contribution in [3.63, 3.8) is 0 Å². The zero-order chi connectivity index (χ0) is 6.57. The van der Waals surface area contributed by atoms with Crippen LogP contribution in [0.2, 0.25) is 0 Å². The maximum Gasteiger partial charge on any atom is 0.0754 e. The molecule has 8 heavy (non-hydrogen) atoms. The van der Waals surface area contributed by atoms with Crippen molar-refractivity contribution in [3.05, 3.63) is 12.3 Å². The molecule has 0 aliphatic rings. The molecule has 0 aliphatic carbocycles. The van der Waals surface area contributed by atoms with Gasteiger partial charge in [0.15, 0.2) is 0 Å². The van der Waals surface area contributed by atoms with E-state index in [1.807, 2.05) is 0 Å². The second-order valence-electron chi connectivity index (χ2n) is 2.44. The third-order valence-corrected chi connectivity index (χ3v) is 1.44. The summed E-state index contributed by atoms with van der Waals surface area (Å²) >= 11 is 0. The molecule has 0 aliphatic heterocycles. The minimum Gasteiger partial charge on any atom is -0.516 e. The van der Waals surface area contributed by atoms with Crippen molar-refractivity contribution < 1.29 is 5.11 Å². The molecule has 1 heteroatoms. The van der Waals surface area contributed by atoms with Gasteiger partial charge in [0.05, 0.1) is 6.26 Å². The van der Waals surface area contributed by atoms with Crippen LogP contribution in [0.15, 0.2) is 12.3 Å². The summed E-state index contributed by atoms with van der Waals surface area (Å²) in [5, 5.41) is 8.30. The van der Waals surface area contributed by atoms with Gasteiger partial charge in [-0.15, -0.1) is 0 Å². The Balaban J connectivity index is 3.47. The van der Waals surface area contributed by atoms with Crippen LogP contribution in [0.1, 0.15) is 20.8 Å². The molecule has 0 bridgehead atoms. The molecular formula is C7H14O. The Morgan fingerprint density at radius 1 is 1.25 bits per heavy atom. The molecule has 0 aromatic rings. The Morgan fingerprint density at radius 2 is 1.75 bits per heavy atom. The Hall–Kier alpha value is -0.460. The van der Waals surface area contributed by atoms with E-state index in [9.17, 15) is 0 Å². The highest BCUT2D eigenvalue weighted by Crippen LogP contribution is 2.09. The SMILES string of the molecule is CC(C)C(C)/C=C\O. The summed E-state index contributed by atoms with van der Waals surface area (Å²) in [5.41, 5.74) is 0. The summed E-state index contributed by atoms with van der Waals surface area (Å²) in [6.45, 7) is 6.34. The number of allylic oxidation sites excluding steroid dienone is 1. The lowest BCUT2D eigenvalue weighted by Crippen LogP contribution is -1.98. The van der Waals surface area contributed by atoms with Crippen molar-refractivity contribution in [2.75, 3.05) is 0 Å². The van der Waals surface area contributed by atoms with E-state index in [0.29, 0.717) is 11.8 Å². The zero-order valence-corrected chi connectivity index (χ0v) is 5.76. The Bertz CT molecular complexity index is 74.5. The average molecular weight is 114 g/mol. The van der Waals surface area contributed by atoms with Crippen molar-refractivity contribution >= 4 is 0 Å². The van der Waals surface area contributed by atoms with Crippen LogP contribution in [-0.4, -0.2) is 5.11 Å². The van der Waals surface area contributed by atoms with Gasteiger partial charge in [-0.1, -0.05) is 20.8 Å². The predicted octanol–water partition coefficient (Wildman–Crippen LogP) is 2.35. The first-order chi connectivity index (χ1) is 3.68. The van der Waals surface area contributed by atoms with Crippen LogP contribution in [0.4, 0.5) is 0 Å². The van der Waals surface area contributed by atoms with Gasteiger partial charge in [0.2, 0.25) is 0 Å². The van der Waals surface area contributed by atoms with E-state index in [2.05, 4.69) is 20.8 Å². The summed E-state index contributed by atoms with van der Waals surface area (Å²) in [7, 11) is 0. The van der Waals surface area contributed by atoms with E-state index >= 15 is 0 Å². The van der Waals surface area contributed by atoms with Crippen molar-refractivity contribution in [3.8, 4) is 0 Å². The fourth-order valence-electron chi connectivity index (χ4n) is 0.358. The molecule has 1 nitrogen and oxygen atoms in total. The van der Waals surface area contributed by atoms with Gasteiger partial charge >= 0.3 is 0 Å². The van der Waals surface area contributed by atoms with E-state index in [4.69, 9.17) is 5.11 Å². The van der Waals surface area contributed by atoms with Gasteiger partial charge in [-0.3, -0.25) is 0 Å². The predicted molar refractivity (Wildman–Crippen MR) is 35.8 cm³/mol. The molecule has 0 saturated carbocycles. The van der Waals surface area contributed by atoms with Gasteiger partial charge in [-0.05, 0) is 17.9 Å². The molecule has 0 amide bonds. The molecule has 0 radical (unpaired) electrons. The standard InChI is InChI=1S/C7H14O/c1-6(2)7(3)4-5-8/h4-8H,1-3H3/b5-4-. The molecule has 0 saturated heterocycles. The Morgan fingerprint density at radius 3 is 1.88 bits per heavy atom. The van der Waals surface area contributed by atoms with Crippen LogP contribution in [0, 0.1) is 11.8 Å². The topological polar surface area (TPSA) is 20.2 Å². The van der Waals surface area contributed by atoms with Gasteiger partial charge in [-0.25, -0.2) is 0 Å². The molecule has 0 fully saturated rings. The molecule has 48 valence electrons. The second-order valence-corrected chi connectivity index (χ2v) is 2.44. The Kier molecular flexibility index (Phi) is 3.33. The van der Waals surface area contributed by atoms with Crippen LogP contribution in [-0.2, 0) is 0 Å². The minimum atomic E-state index is 0.486. The molecule has 0 rings (SSSR count). The number of hydrogen-bond donors (Lipinski definition) is 1. The summed E-state index contributed by atoms with van der Waals surface area (Å²) in [6, 6.07) is 0. The van der Waals surface area contributed by atoms with Crippen LogP contribution in [0.25, 0.3) is 0 Å². The lowest BCUT2D eigenvalue weighted by Gasteiger charge is -2.07. The third kappa shape index (κ3) is 2.67. The molecule has 0 spiro atoms. The lowest BCUT2D eigenvalue weighted by atomic mass is 9.99. The maximum absolute atomic E-state index is 8.30. The van der Waals surface area contributed by atoms with Crippen molar-refractivity contribution in [1.82, 2.24) is 0 Å². The van der Waals surface area contributed by atoms with E-state index in [1.54, 1.807) is 6.08 Å². The van der Waals surface area contributed by atoms with Crippen molar-refractivity contribution in [2.24, 2.45) is 11.8 Å². The van der Waals surface area contributed by atoms with Crippen LogP contribution < -0.4 is 0 Å². The number of aliphatic hydroxyl groups is 1. The summed E-state index contributed by atoms with van der Waals surface area (Å²) in [4.78, 5) is 0. The second kappa shape index (κ2) is 3.53. The Labute approximate surface area is 51.0 Å². The smallest absolute Gasteiger partial charge is 0.0754 e. The number of hydrogen-bond acceptors (Lipinski definition) is 1. The van der Waals surface area contributed by atoms with Crippen molar-refractivity contribution in [1.29, 1.82) is 0 Å². The molecular weight excluding hydrogens is 100 g/mol. The molecule has 1 unspecified atom stereocenters. The minimum absolute atomic E-state index is 0.486. The van der Waals surface area contributed by atoms with Crippen LogP contribution >= 0.6 is 0 Å². The molecule has 0 aromatic heterocycles.